The van der Waals surface area contributed by atoms with E-state index in [0.29, 0.717) is 24.2 Å². The summed E-state index contributed by atoms with van der Waals surface area (Å²) in [6.07, 6.45) is 6.79. The topological polar surface area (TPSA) is 72.3 Å². The predicted molar refractivity (Wildman–Crippen MR) is 91.4 cm³/mol. The molecule has 24 heavy (non-hydrogen) atoms. The van der Waals surface area contributed by atoms with Crippen LogP contribution in [-0.4, -0.2) is 48.4 Å². The molecule has 0 spiro atoms. The van der Waals surface area contributed by atoms with Crippen LogP contribution < -0.4 is 0 Å². The Labute approximate surface area is 142 Å². The maximum atomic E-state index is 12.8. The van der Waals surface area contributed by atoms with Crippen molar-refractivity contribution in [2.75, 3.05) is 19.3 Å². The van der Waals surface area contributed by atoms with E-state index in [1.54, 1.807) is 30.5 Å². The average molecular weight is 347 g/mol. The van der Waals surface area contributed by atoms with E-state index in [9.17, 15) is 13.2 Å². The molecule has 0 aliphatic carbocycles. The highest BCUT2D eigenvalue weighted by Gasteiger charge is 2.25. The lowest BCUT2D eigenvalue weighted by Crippen LogP contribution is -2.40. The minimum atomic E-state index is -3.12. The van der Waals surface area contributed by atoms with Gasteiger partial charge in [0, 0.05) is 37.3 Å². The molecule has 1 aliphatic heterocycles. The van der Waals surface area contributed by atoms with Crippen LogP contribution in [0.25, 0.3) is 0 Å². The van der Waals surface area contributed by atoms with Crippen molar-refractivity contribution in [3.05, 3.63) is 53.9 Å². The van der Waals surface area contributed by atoms with E-state index >= 15 is 0 Å². The van der Waals surface area contributed by atoms with E-state index in [2.05, 4.69) is 5.10 Å². The van der Waals surface area contributed by atoms with Gasteiger partial charge in [0.15, 0.2) is 9.84 Å². The summed E-state index contributed by atoms with van der Waals surface area (Å²) >= 11 is 0. The average Bonchev–Trinajstić information content (AvgIpc) is 3.07. The molecule has 0 bridgehead atoms. The van der Waals surface area contributed by atoms with Crippen LogP contribution in [0.5, 0.6) is 0 Å². The van der Waals surface area contributed by atoms with Gasteiger partial charge in [0.25, 0.3) is 5.91 Å². The van der Waals surface area contributed by atoms with Gasteiger partial charge in [0.05, 0.1) is 11.8 Å². The van der Waals surface area contributed by atoms with Gasteiger partial charge in [-0.3, -0.25) is 9.48 Å². The molecule has 2 heterocycles. The lowest BCUT2D eigenvalue weighted by Gasteiger charge is -2.33. The summed E-state index contributed by atoms with van der Waals surface area (Å²) in [5, 5.41) is 4.27. The fourth-order valence-corrected chi connectivity index (χ4v) is 3.92. The molecule has 7 heteroatoms. The highest BCUT2D eigenvalue weighted by molar-refractivity contribution is 7.89. The zero-order chi connectivity index (χ0) is 17.2. The summed E-state index contributed by atoms with van der Waals surface area (Å²) in [5.74, 6) is -0.105. The van der Waals surface area contributed by atoms with Crippen LogP contribution in [0.3, 0.4) is 0 Å². The molecule has 128 valence electrons. The van der Waals surface area contributed by atoms with Crippen molar-refractivity contribution in [2.45, 2.75) is 24.6 Å². The molecule has 1 aliphatic rings. The maximum absolute atomic E-state index is 12.8. The predicted octanol–water partition coefficient (Wildman–Crippen LogP) is 1.91. The first-order chi connectivity index (χ1) is 11.4. The molecule has 6 nitrogen and oxygen atoms in total. The largest absolute Gasteiger partial charge is 0.337 e. The number of piperidine rings is 1. The van der Waals surface area contributed by atoms with Gasteiger partial charge in [-0.25, -0.2) is 8.42 Å². The molecule has 1 aromatic heterocycles. The fourth-order valence-electron chi connectivity index (χ4n) is 3.13. The third-order valence-electron chi connectivity index (χ3n) is 4.19. The number of carbonyl (C=O) groups is 1. The molecule has 1 saturated heterocycles. The zero-order valence-electron chi connectivity index (χ0n) is 13.6. The number of aromatic nitrogens is 2. The van der Waals surface area contributed by atoms with Crippen LogP contribution in [-0.2, 0) is 15.6 Å². The minimum Gasteiger partial charge on any atom is -0.337 e. The van der Waals surface area contributed by atoms with Gasteiger partial charge in [-0.2, -0.15) is 5.10 Å². The maximum Gasteiger partial charge on any atom is 0.253 e. The molecule has 3 rings (SSSR count). The van der Waals surface area contributed by atoms with Gasteiger partial charge in [0.2, 0.25) is 0 Å². The number of sulfone groups is 1. The van der Waals surface area contributed by atoms with Crippen LogP contribution in [0.15, 0.2) is 42.7 Å². The molecule has 1 unspecified atom stereocenters. The van der Waals surface area contributed by atoms with Crippen molar-refractivity contribution in [3.63, 3.8) is 0 Å². The van der Waals surface area contributed by atoms with Crippen molar-refractivity contribution in [2.24, 2.45) is 0 Å². The molecular weight excluding hydrogens is 326 g/mol. The SMILES string of the molecule is CS(=O)(=O)Cc1cccc(C(=O)N2CCCC(n3cccn3)C2)c1. The van der Waals surface area contributed by atoms with Gasteiger partial charge in [-0.05, 0) is 36.6 Å². The second-order valence-electron chi connectivity index (χ2n) is 6.30. The summed E-state index contributed by atoms with van der Waals surface area (Å²) in [7, 11) is -3.12. The first-order valence-electron chi connectivity index (χ1n) is 7.97. The molecule has 1 atom stereocenters. The molecule has 1 fully saturated rings. The highest BCUT2D eigenvalue weighted by atomic mass is 32.2. The Morgan fingerprint density at radius 3 is 2.88 bits per heavy atom. The first-order valence-corrected chi connectivity index (χ1v) is 10.0. The Morgan fingerprint density at radius 2 is 2.17 bits per heavy atom. The van der Waals surface area contributed by atoms with E-state index in [0.717, 1.165) is 12.8 Å². The zero-order valence-corrected chi connectivity index (χ0v) is 14.4. The van der Waals surface area contributed by atoms with Crippen molar-refractivity contribution >= 4 is 15.7 Å². The van der Waals surface area contributed by atoms with E-state index in [1.165, 1.54) is 6.26 Å². The van der Waals surface area contributed by atoms with Crippen molar-refractivity contribution in [3.8, 4) is 0 Å². The number of nitrogens with zero attached hydrogens (tertiary/aromatic N) is 3. The third kappa shape index (κ3) is 4.03. The van der Waals surface area contributed by atoms with Crippen molar-refractivity contribution in [1.82, 2.24) is 14.7 Å². The summed E-state index contributed by atoms with van der Waals surface area (Å²) in [6.45, 7) is 1.34. The quantitative estimate of drug-likeness (QED) is 0.847. The Hall–Kier alpha value is -2.15. The molecule has 1 amide bonds. The Balaban J connectivity index is 1.75. The Morgan fingerprint density at radius 1 is 1.33 bits per heavy atom. The molecule has 2 aromatic rings. The Kier molecular flexibility index (Phi) is 4.71. The fraction of sp³-hybridized carbons (Fsp3) is 0.412. The number of hydrogen-bond acceptors (Lipinski definition) is 4. The van der Waals surface area contributed by atoms with Crippen LogP contribution >= 0.6 is 0 Å². The number of amides is 1. The van der Waals surface area contributed by atoms with Crippen LogP contribution in [0, 0.1) is 0 Å². The van der Waals surface area contributed by atoms with Gasteiger partial charge in [0.1, 0.15) is 0 Å². The third-order valence-corrected chi connectivity index (χ3v) is 5.04. The van der Waals surface area contributed by atoms with E-state index < -0.39 is 9.84 Å². The summed E-state index contributed by atoms with van der Waals surface area (Å²) in [5.41, 5.74) is 1.18. The normalized spacial score (nSPS) is 18.5. The molecular formula is C17H21N3O3S. The van der Waals surface area contributed by atoms with Crippen molar-refractivity contribution in [1.29, 1.82) is 0 Å². The van der Waals surface area contributed by atoms with E-state index in [-0.39, 0.29) is 17.7 Å². The van der Waals surface area contributed by atoms with Gasteiger partial charge in [-0.1, -0.05) is 12.1 Å². The number of benzene rings is 1. The first kappa shape index (κ1) is 16.7. The van der Waals surface area contributed by atoms with Crippen LogP contribution in [0.1, 0.15) is 34.8 Å². The monoisotopic (exact) mass is 347 g/mol. The smallest absolute Gasteiger partial charge is 0.253 e. The van der Waals surface area contributed by atoms with E-state index in [1.807, 2.05) is 21.8 Å². The number of likely N-dealkylation sites (tertiary alicyclic amines) is 1. The van der Waals surface area contributed by atoms with Gasteiger partial charge >= 0.3 is 0 Å². The van der Waals surface area contributed by atoms with Gasteiger partial charge in [-0.15, -0.1) is 0 Å². The second kappa shape index (κ2) is 6.76. The second-order valence-corrected chi connectivity index (χ2v) is 8.44. The lowest BCUT2D eigenvalue weighted by atomic mass is 10.0. The number of rotatable bonds is 4. The molecule has 0 saturated carbocycles. The number of hydrogen-bond donors (Lipinski definition) is 0. The standard InChI is InChI=1S/C17H21N3O3S/c1-24(22,23)13-14-5-2-6-15(11-14)17(21)19-9-3-7-16(12-19)20-10-4-8-18-20/h2,4-6,8,10-11,16H,3,7,9,12-13H2,1H3. The number of carbonyl (C=O) groups excluding carboxylic acids is 1. The summed E-state index contributed by atoms with van der Waals surface area (Å²) in [6, 6.07) is 8.97. The van der Waals surface area contributed by atoms with Gasteiger partial charge < -0.3 is 4.90 Å². The van der Waals surface area contributed by atoms with Crippen molar-refractivity contribution < 1.29 is 13.2 Å². The summed E-state index contributed by atoms with van der Waals surface area (Å²) in [4.78, 5) is 14.6. The van der Waals surface area contributed by atoms with Crippen LogP contribution in [0.2, 0.25) is 0 Å². The minimum absolute atomic E-state index is 0.0516. The highest BCUT2D eigenvalue weighted by Crippen LogP contribution is 2.22. The molecule has 0 N–H and O–H groups in total. The lowest BCUT2D eigenvalue weighted by molar-refractivity contribution is 0.0673. The van der Waals surface area contributed by atoms with E-state index in [4.69, 9.17) is 0 Å². The molecule has 1 aromatic carbocycles. The summed E-state index contributed by atoms with van der Waals surface area (Å²) < 4.78 is 24.8. The molecule has 0 radical (unpaired) electrons. The Bertz CT molecular complexity index is 815. The van der Waals surface area contributed by atoms with Crippen LogP contribution in [0.4, 0.5) is 0 Å².